The molecule has 3 nitrogen and oxygen atoms in total. The molecule has 0 amide bonds. The number of ether oxygens (including phenoxy) is 1. The molecule has 0 saturated heterocycles. The third kappa shape index (κ3) is 3.48. The molecule has 2 aromatic rings. The van der Waals surface area contributed by atoms with Crippen molar-refractivity contribution in [1.29, 1.82) is 5.26 Å². The fourth-order valence-electron chi connectivity index (χ4n) is 1.83. The van der Waals surface area contributed by atoms with Crippen molar-refractivity contribution in [3.05, 3.63) is 59.4 Å². The summed E-state index contributed by atoms with van der Waals surface area (Å²) < 4.78 is 18.7. The van der Waals surface area contributed by atoms with Crippen LogP contribution in [0.5, 0.6) is 5.75 Å². The van der Waals surface area contributed by atoms with Crippen molar-refractivity contribution < 1.29 is 9.13 Å². The van der Waals surface area contributed by atoms with Gasteiger partial charge in [-0.15, -0.1) is 0 Å². The maximum Gasteiger partial charge on any atom is 0.131 e. The van der Waals surface area contributed by atoms with Gasteiger partial charge in [-0.2, -0.15) is 5.26 Å². The van der Waals surface area contributed by atoms with E-state index in [1.54, 1.807) is 12.1 Å². The van der Waals surface area contributed by atoms with E-state index in [1.165, 1.54) is 13.2 Å². The van der Waals surface area contributed by atoms with Crippen LogP contribution in [-0.4, -0.2) is 7.11 Å². The molecule has 102 valence electrons. The Balaban J connectivity index is 2.00. The molecule has 0 bridgehead atoms. The summed E-state index contributed by atoms with van der Waals surface area (Å²) in [7, 11) is 1.51. The van der Waals surface area contributed by atoms with Gasteiger partial charge in [-0.05, 0) is 23.8 Å². The second-order valence-corrected chi connectivity index (χ2v) is 4.34. The van der Waals surface area contributed by atoms with Gasteiger partial charge >= 0.3 is 0 Å². The van der Waals surface area contributed by atoms with Gasteiger partial charge in [0, 0.05) is 23.9 Å². The molecule has 0 aliphatic rings. The maximum absolute atomic E-state index is 13.7. The zero-order chi connectivity index (χ0) is 14.4. The lowest BCUT2D eigenvalue weighted by Gasteiger charge is -2.09. The van der Waals surface area contributed by atoms with E-state index in [0.29, 0.717) is 24.3 Å². The molecule has 20 heavy (non-hydrogen) atoms. The van der Waals surface area contributed by atoms with Gasteiger partial charge in [0.05, 0.1) is 19.6 Å². The van der Waals surface area contributed by atoms with Gasteiger partial charge in [0.15, 0.2) is 0 Å². The first-order valence-corrected chi connectivity index (χ1v) is 6.25. The third-order valence-electron chi connectivity index (χ3n) is 2.98. The molecule has 0 spiro atoms. The van der Waals surface area contributed by atoms with E-state index in [1.807, 2.05) is 24.3 Å². The summed E-state index contributed by atoms with van der Waals surface area (Å²) in [6.45, 7) is 0.396. The van der Waals surface area contributed by atoms with Crippen molar-refractivity contribution >= 4 is 5.69 Å². The topological polar surface area (TPSA) is 45.0 Å². The summed E-state index contributed by atoms with van der Waals surface area (Å²) >= 11 is 0. The summed E-state index contributed by atoms with van der Waals surface area (Å²) in [6.07, 6.45) is 0.396. The highest BCUT2D eigenvalue weighted by atomic mass is 19.1. The van der Waals surface area contributed by atoms with Crippen LogP contribution in [0.3, 0.4) is 0 Å². The zero-order valence-corrected chi connectivity index (χ0v) is 11.2. The molecule has 1 N–H and O–H groups in total. The Bertz CT molecular complexity index is 617. The number of anilines is 1. The highest BCUT2D eigenvalue weighted by molar-refractivity contribution is 5.45. The molecule has 0 aromatic heterocycles. The average molecular weight is 270 g/mol. The molecule has 0 unspecified atom stereocenters. The molecule has 0 atom stereocenters. The van der Waals surface area contributed by atoms with Crippen molar-refractivity contribution in [1.82, 2.24) is 0 Å². The van der Waals surface area contributed by atoms with Gasteiger partial charge in [0.2, 0.25) is 0 Å². The van der Waals surface area contributed by atoms with Gasteiger partial charge in [-0.25, -0.2) is 4.39 Å². The lowest BCUT2D eigenvalue weighted by atomic mass is 10.1. The highest BCUT2D eigenvalue weighted by Gasteiger charge is 2.04. The lowest BCUT2D eigenvalue weighted by molar-refractivity contribution is 0.411. The van der Waals surface area contributed by atoms with E-state index >= 15 is 0 Å². The Hall–Kier alpha value is -2.54. The number of nitrogens with one attached hydrogen (secondary N) is 1. The number of rotatable bonds is 5. The molecule has 0 heterocycles. The first kappa shape index (κ1) is 13.9. The predicted octanol–water partition coefficient (Wildman–Crippen LogP) is 3.51. The number of hydrogen-bond donors (Lipinski definition) is 1. The number of benzene rings is 2. The molecule has 0 fully saturated rings. The Kier molecular flexibility index (Phi) is 4.56. The van der Waals surface area contributed by atoms with Gasteiger partial charge in [-0.1, -0.05) is 18.2 Å². The first-order chi connectivity index (χ1) is 9.72. The molecule has 2 aromatic carbocycles. The monoisotopic (exact) mass is 270 g/mol. The fourth-order valence-corrected chi connectivity index (χ4v) is 1.83. The molecule has 2 rings (SSSR count). The summed E-state index contributed by atoms with van der Waals surface area (Å²) in [5.41, 5.74) is 2.43. The summed E-state index contributed by atoms with van der Waals surface area (Å²) in [6, 6.07) is 14.4. The van der Waals surface area contributed by atoms with Gasteiger partial charge < -0.3 is 10.1 Å². The molecular formula is C16H15FN2O. The van der Waals surface area contributed by atoms with Crippen LogP contribution < -0.4 is 10.1 Å². The molecule has 0 aliphatic heterocycles. The van der Waals surface area contributed by atoms with Crippen molar-refractivity contribution in [3.8, 4) is 11.8 Å². The Morgan fingerprint density at radius 2 is 1.95 bits per heavy atom. The van der Waals surface area contributed by atoms with Crippen LogP contribution in [-0.2, 0) is 13.0 Å². The fraction of sp³-hybridized carbons (Fsp3) is 0.188. The summed E-state index contributed by atoms with van der Waals surface area (Å²) in [4.78, 5) is 0. The van der Waals surface area contributed by atoms with Crippen molar-refractivity contribution in [2.24, 2.45) is 0 Å². The Labute approximate surface area is 117 Å². The normalized spacial score (nSPS) is 9.85. The van der Waals surface area contributed by atoms with Crippen LogP contribution in [0.15, 0.2) is 42.5 Å². The van der Waals surface area contributed by atoms with E-state index in [2.05, 4.69) is 11.4 Å². The minimum atomic E-state index is -0.294. The summed E-state index contributed by atoms with van der Waals surface area (Å²) in [5, 5.41) is 11.7. The smallest absolute Gasteiger partial charge is 0.131 e. The third-order valence-corrected chi connectivity index (χ3v) is 2.98. The number of nitrogens with zero attached hydrogens (tertiary/aromatic N) is 1. The van der Waals surface area contributed by atoms with Crippen LogP contribution in [0.25, 0.3) is 0 Å². The van der Waals surface area contributed by atoms with E-state index < -0.39 is 0 Å². The quantitative estimate of drug-likeness (QED) is 0.904. The standard InChI is InChI=1S/C16H15FN2O/c1-20-15-7-4-13(16(17)10-15)11-19-14-5-2-12(3-6-14)8-9-18/h2-7,10,19H,8,11H2,1H3. The van der Waals surface area contributed by atoms with Crippen molar-refractivity contribution in [2.75, 3.05) is 12.4 Å². The lowest BCUT2D eigenvalue weighted by Crippen LogP contribution is -2.02. The SMILES string of the molecule is COc1ccc(CNc2ccc(CC#N)cc2)c(F)c1. The van der Waals surface area contributed by atoms with Gasteiger partial charge in [0.1, 0.15) is 11.6 Å². The summed E-state index contributed by atoms with van der Waals surface area (Å²) in [5.74, 6) is 0.213. The number of methoxy groups -OCH3 is 1. The van der Waals surface area contributed by atoms with Crippen molar-refractivity contribution in [2.45, 2.75) is 13.0 Å². The largest absolute Gasteiger partial charge is 0.497 e. The van der Waals surface area contributed by atoms with E-state index in [0.717, 1.165) is 11.3 Å². The predicted molar refractivity (Wildman–Crippen MR) is 76.0 cm³/mol. The first-order valence-electron chi connectivity index (χ1n) is 6.25. The number of hydrogen-bond acceptors (Lipinski definition) is 3. The van der Waals surface area contributed by atoms with Gasteiger partial charge in [-0.3, -0.25) is 0 Å². The highest BCUT2D eigenvalue weighted by Crippen LogP contribution is 2.18. The van der Waals surface area contributed by atoms with E-state index in [4.69, 9.17) is 10.00 Å². The van der Waals surface area contributed by atoms with Gasteiger partial charge in [0.25, 0.3) is 0 Å². The van der Waals surface area contributed by atoms with E-state index in [-0.39, 0.29) is 5.82 Å². The molecule has 0 radical (unpaired) electrons. The average Bonchev–Trinajstić information content (AvgIpc) is 2.48. The molecular weight excluding hydrogens is 255 g/mol. The second kappa shape index (κ2) is 6.58. The van der Waals surface area contributed by atoms with E-state index in [9.17, 15) is 4.39 Å². The van der Waals surface area contributed by atoms with Crippen LogP contribution in [0.1, 0.15) is 11.1 Å². The minimum absolute atomic E-state index is 0.294. The van der Waals surface area contributed by atoms with Crippen molar-refractivity contribution in [3.63, 3.8) is 0 Å². The minimum Gasteiger partial charge on any atom is -0.497 e. The van der Waals surface area contributed by atoms with Crippen LogP contribution in [0.2, 0.25) is 0 Å². The number of nitriles is 1. The Morgan fingerprint density at radius 1 is 1.20 bits per heavy atom. The van der Waals surface area contributed by atoms with Crippen LogP contribution in [0.4, 0.5) is 10.1 Å². The zero-order valence-electron chi connectivity index (χ0n) is 11.2. The van der Waals surface area contributed by atoms with Crippen LogP contribution in [0, 0.1) is 17.1 Å². The number of halogens is 1. The molecule has 4 heteroatoms. The second-order valence-electron chi connectivity index (χ2n) is 4.34. The van der Waals surface area contributed by atoms with Crippen LogP contribution >= 0.6 is 0 Å². The molecule has 0 aliphatic carbocycles. The Morgan fingerprint density at radius 3 is 2.55 bits per heavy atom. The molecule has 0 saturated carbocycles. The maximum atomic E-state index is 13.7.